The molecule has 2 unspecified atom stereocenters. The van der Waals surface area contributed by atoms with Crippen LogP contribution in [-0.2, 0) is 9.84 Å². The first-order valence-corrected chi connectivity index (χ1v) is 10.8. The van der Waals surface area contributed by atoms with Crippen molar-refractivity contribution in [2.45, 2.75) is 90.1 Å². The molecule has 2 atom stereocenters. The van der Waals surface area contributed by atoms with Crippen molar-refractivity contribution in [3.05, 3.63) is 0 Å². The second-order valence-electron chi connectivity index (χ2n) is 6.70. The number of rotatable bonds is 12. The van der Waals surface area contributed by atoms with Crippen LogP contribution >= 0.6 is 0 Å². The van der Waals surface area contributed by atoms with Crippen LogP contribution in [0.1, 0.15) is 84.0 Å². The zero-order chi connectivity index (χ0) is 15.6. The number of sulfone groups is 1. The highest BCUT2D eigenvalue weighted by Gasteiger charge is 2.32. The first-order valence-electron chi connectivity index (χ1n) is 8.93. The van der Waals surface area contributed by atoms with Gasteiger partial charge in [0.15, 0.2) is 9.84 Å². The minimum Gasteiger partial charge on any atom is -0.393 e. The van der Waals surface area contributed by atoms with Crippen LogP contribution in [0.3, 0.4) is 0 Å². The van der Waals surface area contributed by atoms with Gasteiger partial charge in [-0.2, -0.15) is 0 Å². The van der Waals surface area contributed by atoms with E-state index < -0.39 is 15.9 Å². The van der Waals surface area contributed by atoms with Gasteiger partial charge in [0.1, 0.15) is 0 Å². The molecule has 1 rings (SSSR count). The lowest BCUT2D eigenvalue weighted by Crippen LogP contribution is -2.21. The zero-order valence-electron chi connectivity index (χ0n) is 13.7. The minimum atomic E-state index is -2.85. The highest BCUT2D eigenvalue weighted by atomic mass is 32.2. The lowest BCUT2D eigenvalue weighted by atomic mass is 9.96. The van der Waals surface area contributed by atoms with Crippen LogP contribution < -0.4 is 0 Å². The van der Waals surface area contributed by atoms with Crippen LogP contribution in [-0.4, -0.2) is 31.1 Å². The van der Waals surface area contributed by atoms with Crippen molar-refractivity contribution < 1.29 is 13.5 Å². The second-order valence-corrected chi connectivity index (χ2v) is 8.93. The molecule has 1 N–H and O–H groups in total. The molecule has 1 aliphatic rings. The molecule has 0 bridgehead atoms. The van der Waals surface area contributed by atoms with Crippen LogP contribution in [0.2, 0.25) is 0 Å². The van der Waals surface area contributed by atoms with E-state index in [9.17, 15) is 13.5 Å². The lowest BCUT2D eigenvalue weighted by Gasteiger charge is -2.16. The molecule has 0 aromatic heterocycles. The fraction of sp³-hybridized carbons (Fsp3) is 1.00. The van der Waals surface area contributed by atoms with Gasteiger partial charge in [-0.3, -0.25) is 0 Å². The van der Waals surface area contributed by atoms with Gasteiger partial charge in [-0.25, -0.2) is 8.42 Å². The van der Waals surface area contributed by atoms with Crippen molar-refractivity contribution in [1.82, 2.24) is 0 Å². The highest BCUT2D eigenvalue weighted by molar-refractivity contribution is 7.91. The monoisotopic (exact) mass is 318 g/mol. The van der Waals surface area contributed by atoms with Crippen LogP contribution in [0, 0.1) is 5.92 Å². The minimum absolute atomic E-state index is 0.00596. The number of hydrogen-bond donors (Lipinski definition) is 1. The van der Waals surface area contributed by atoms with Crippen molar-refractivity contribution in [3.63, 3.8) is 0 Å². The summed E-state index contributed by atoms with van der Waals surface area (Å²) >= 11 is 0. The quantitative estimate of drug-likeness (QED) is 0.551. The lowest BCUT2D eigenvalue weighted by molar-refractivity contribution is 0.108. The number of aliphatic hydroxyl groups is 1. The molecule has 0 aliphatic carbocycles. The summed E-state index contributed by atoms with van der Waals surface area (Å²) in [6.45, 7) is 2.25. The molecule has 126 valence electrons. The molecule has 1 aliphatic heterocycles. The van der Waals surface area contributed by atoms with Gasteiger partial charge in [0.2, 0.25) is 0 Å². The molecule has 21 heavy (non-hydrogen) atoms. The third-order valence-electron chi connectivity index (χ3n) is 4.67. The normalized spacial score (nSPS) is 22.5. The molecule has 0 spiro atoms. The Labute approximate surface area is 131 Å². The Morgan fingerprint density at radius 3 is 1.95 bits per heavy atom. The van der Waals surface area contributed by atoms with E-state index in [0.29, 0.717) is 6.42 Å². The molecule has 0 aromatic carbocycles. The van der Waals surface area contributed by atoms with Gasteiger partial charge in [0.25, 0.3) is 0 Å². The van der Waals surface area contributed by atoms with E-state index in [-0.39, 0.29) is 17.4 Å². The number of unbranched alkanes of at least 4 members (excludes halogenated alkanes) is 9. The molecule has 0 radical (unpaired) electrons. The topological polar surface area (TPSA) is 54.4 Å². The standard InChI is InChI=1S/C17H34O3S/c1-2-3-4-5-6-7-8-9-10-11-12-17(18)16-13-14-21(19,20)15-16/h16-18H,2-15H2,1H3. The van der Waals surface area contributed by atoms with E-state index in [1.54, 1.807) is 0 Å². The summed E-state index contributed by atoms with van der Waals surface area (Å²) in [4.78, 5) is 0. The van der Waals surface area contributed by atoms with Crippen molar-refractivity contribution in [2.24, 2.45) is 5.92 Å². The van der Waals surface area contributed by atoms with E-state index in [1.807, 2.05) is 0 Å². The Balaban J connectivity index is 1.90. The van der Waals surface area contributed by atoms with Crippen molar-refractivity contribution in [3.8, 4) is 0 Å². The maximum atomic E-state index is 11.4. The summed E-state index contributed by atoms with van der Waals surface area (Å²) in [7, 11) is -2.85. The predicted octanol–water partition coefficient (Wildman–Crippen LogP) is 4.09. The fourth-order valence-electron chi connectivity index (χ4n) is 3.20. The molecule has 0 amide bonds. The molecule has 4 heteroatoms. The predicted molar refractivity (Wildman–Crippen MR) is 89.2 cm³/mol. The summed E-state index contributed by atoms with van der Waals surface area (Å²) in [5, 5.41) is 10.0. The summed E-state index contributed by atoms with van der Waals surface area (Å²) < 4.78 is 22.8. The molecule has 0 aromatic rings. The summed E-state index contributed by atoms with van der Waals surface area (Å²) in [6, 6.07) is 0. The second kappa shape index (κ2) is 10.6. The first-order chi connectivity index (χ1) is 10.0. The van der Waals surface area contributed by atoms with Crippen LogP contribution in [0.4, 0.5) is 0 Å². The maximum absolute atomic E-state index is 11.4. The first kappa shape index (κ1) is 19.0. The fourth-order valence-corrected chi connectivity index (χ4v) is 5.07. The van der Waals surface area contributed by atoms with Gasteiger partial charge in [-0.1, -0.05) is 71.1 Å². The summed E-state index contributed by atoms with van der Waals surface area (Å²) in [5.41, 5.74) is 0. The highest BCUT2D eigenvalue weighted by Crippen LogP contribution is 2.24. The Bertz CT molecular complexity index is 351. The molecule has 3 nitrogen and oxygen atoms in total. The summed E-state index contributed by atoms with van der Waals surface area (Å²) in [5.74, 6) is 0.465. The van der Waals surface area contributed by atoms with E-state index in [2.05, 4.69) is 6.92 Å². The van der Waals surface area contributed by atoms with E-state index in [0.717, 1.165) is 12.8 Å². The average Bonchev–Trinajstić information content (AvgIpc) is 2.81. The van der Waals surface area contributed by atoms with Gasteiger partial charge in [-0.15, -0.1) is 0 Å². The summed E-state index contributed by atoms with van der Waals surface area (Å²) in [6.07, 6.45) is 13.9. The van der Waals surface area contributed by atoms with Gasteiger partial charge >= 0.3 is 0 Å². The smallest absolute Gasteiger partial charge is 0.150 e. The molecule has 1 heterocycles. The third-order valence-corrected chi connectivity index (χ3v) is 6.46. The Morgan fingerprint density at radius 1 is 0.952 bits per heavy atom. The number of aliphatic hydroxyl groups excluding tert-OH is 1. The molecule has 1 saturated heterocycles. The van der Waals surface area contributed by atoms with Crippen LogP contribution in [0.15, 0.2) is 0 Å². The molecule has 1 fully saturated rings. The maximum Gasteiger partial charge on any atom is 0.150 e. The van der Waals surface area contributed by atoms with E-state index in [1.165, 1.54) is 57.8 Å². The van der Waals surface area contributed by atoms with Crippen molar-refractivity contribution in [2.75, 3.05) is 11.5 Å². The van der Waals surface area contributed by atoms with Gasteiger partial charge in [0.05, 0.1) is 17.6 Å². The largest absolute Gasteiger partial charge is 0.393 e. The van der Waals surface area contributed by atoms with Crippen molar-refractivity contribution >= 4 is 9.84 Å². The zero-order valence-corrected chi connectivity index (χ0v) is 14.5. The van der Waals surface area contributed by atoms with Gasteiger partial charge in [-0.05, 0) is 18.8 Å². The Hall–Kier alpha value is -0.0900. The van der Waals surface area contributed by atoms with Crippen LogP contribution in [0.5, 0.6) is 0 Å². The van der Waals surface area contributed by atoms with Gasteiger partial charge < -0.3 is 5.11 Å². The third kappa shape index (κ3) is 8.82. The van der Waals surface area contributed by atoms with E-state index in [4.69, 9.17) is 0 Å². The van der Waals surface area contributed by atoms with E-state index >= 15 is 0 Å². The SMILES string of the molecule is CCCCCCCCCCCCC(O)C1CCS(=O)(=O)C1. The van der Waals surface area contributed by atoms with Gasteiger partial charge in [0, 0.05) is 0 Å². The van der Waals surface area contributed by atoms with Crippen LogP contribution in [0.25, 0.3) is 0 Å². The molecular formula is C17H34O3S. The molecule has 0 saturated carbocycles. The Kier molecular flexibility index (Phi) is 9.57. The Morgan fingerprint density at radius 2 is 1.48 bits per heavy atom. The average molecular weight is 319 g/mol. The molecular weight excluding hydrogens is 284 g/mol. The van der Waals surface area contributed by atoms with Crippen molar-refractivity contribution in [1.29, 1.82) is 0 Å². The number of hydrogen-bond acceptors (Lipinski definition) is 3.